The van der Waals surface area contributed by atoms with Gasteiger partial charge in [0, 0.05) is 17.0 Å². The van der Waals surface area contributed by atoms with Gasteiger partial charge in [-0.15, -0.1) is 5.10 Å². The predicted molar refractivity (Wildman–Crippen MR) is 53.9 cm³/mol. The normalized spacial score (nSPS) is 12.9. The topological polar surface area (TPSA) is 53.6 Å². The number of nitrogens with one attached hydrogen (secondary N) is 2. The Bertz CT molecular complexity index is 487. The molecule has 0 aromatic carbocycles. The van der Waals surface area contributed by atoms with Gasteiger partial charge < -0.3 is 10.3 Å². The molecule has 0 fully saturated rings. The molecule has 14 heavy (non-hydrogen) atoms. The lowest BCUT2D eigenvalue weighted by Gasteiger charge is -2.15. The number of rotatable bonds is 0. The lowest BCUT2D eigenvalue weighted by Crippen LogP contribution is -2.09. The fourth-order valence-electron chi connectivity index (χ4n) is 1.85. The Balaban J connectivity index is 2.28. The first-order valence-electron chi connectivity index (χ1n) is 4.59. The van der Waals surface area contributed by atoms with Crippen molar-refractivity contribution in [2.75, 3.05) is 5.32 Å². The molecule has 0 saturated heterocycles. The van der Waals surface area contributed by atoms with E-state index in [1.807, 2.05) is 13.0 Å². The summed E-state index contributed by atoms with van der Waals surface area (Å²) in [5.41, 5.74) is 5.53. The van der Waals surface area contributed by atoms with Crippen LogP contribution in [-0.4, -0.2) is 15.2 Å². The van der Waals surface area contributed by atoms with E-state index in [0.717, 1.165) is 23.6 Å². The largest absolute Gasteiger partial charge is 0.378 e. The van der Waals surface area contributed by atoms with Crippen LogP contribution >= 0.6 is 0 Å². The van der Waals surface area contributed by atoms with Gasteiger partial charge in [-0.25, -0.2) is 0 Å². The van der Waals surface area contributed by atoms with Crippen LogP contribution in [0.15, 0.2) is 18.3 Å². The minimum Gasteiger partial charge on any atom is -0.378 e. The van der Waals surface area contributed by atoms with E-state index in [9.17, 15) is 0 Å². The average molecular weight is 186 g/mol. The first-order valence-corrected chi connectivity index (χ1v) is 4.59. The number of aromatic amines is 1. The maximum atomic E-state index is 4.14. The van der Waals surface area contributed by atoms with Gasteiger partial charge in [0.25, 0.3) is 0 Å². The number of nitrogens with zero attached hydrogens (tertiary/aromatic N) is 2. The first-order chi connectivity index (χ1) is 6.84. The Morgan fingerprint density at radius 1 is 1.43 bits per heavy atom. The fraction of sp³-hybridized carbons (Fsp3) is 0.200. The SMILES string of the molecule is Cc1cc2c([nH]1)CNc1ccnnc1-2. The molecular formula is C10H10N4. The van der Waals surface area contributed by atoms with Crippen LogP contribution in [0.3, 0.4) is 0 Å². The molecule has 4 heteroatoms. The van der Waals surface area contributed by atoms with E-state index in [1.165, 1.54) is 11.3 Å². The predicted octanol–water partition coefficient (Wildman–Crippen LogP) is 1.71. The number of hydrogen-bond acceptors (Lipinski definition) is 3. The van der Waals surface area contributed by atoms with Crippen LogP contribution in [0.2, 0.25) is 0 Å². The third kappa shape index (κ3) is 0.937. The van der Waals surface area contributed by atoms with Crippen molar-refractivity contribution in [2.45, 2.75) is 13.5 Å². The molecule has 70 valence electrons. The van der Waals surface area contributed by atoms with Crippen molar-refractivity contribution in [3.05, 3.63) is 29.7 Å². The maximum Gasteiger partial charge on any atom is 0.118 e. The van der Waals surface area contributed by atoms with Gasteiger partial charge in [0.05, 0.1) is 18.4 Å². The number of hydrogen-bond donors (Lipinski definition) is 2. The zero-order chi connectivity index (χ0) is 9.54. The van der Waals surface area contributed by atoms with Gasteiger partial charge in [-0.3, -0.25) is 0 Å². The van der Waals surface area contributed by atoms with Crippen LogP contribution in [0, 0.1) is 6.92 Å². The highest BCUT2D eigenvalue weighted by Crippen LogP contribution is 2.32. The highest BCUT2D eigenvalue weighted by Gasteiger charge is 2.18. The van der Waals surface area contributed by atoms with Crippen molar-refractivity contribution in [1.82, 2.24) is 15.2 Å². The van der Waals surface area contributed by atoms with E-state index in [0.29, 0.717) is 0 Å². The highest BCUT2D eigenvalue weighted by molar-refractivity contribution is 5.78. The van der Waals surface area contributed by atoms with Gasteiger partial charge in [0.2, 0.25) is 0 Å². The third-order valence-corrected chi connectivity index (χ3v) is 2.47. The second-order valence-corrected chi connectivity index (χ2v) is 3.49. The molecule has 3 rings (SSSR count). The van der Waals surface area contributed by atoms with E-state index >= 15 is 0 Å². The number of aryl methyl sites for hydroxylation is 1. The number of fused-ring (bicyclic) bond motifs is 3. The van der Waals surface area contributed by atoms with Crippen molar-refractivity contribution in [2.24, 2.45) is 0 Å². The van der Waals surface area contributed by atoms with E-state index in [-0.39, 0.29) is 0 Å². The smallest absolute Gasteiger partial charge is 0.118 e. The van der Waals surface area contributed by atoms with Crippen molar-refractivity contribution in [3.63, 3.8) is 0 Å². The molecule has 4 nitrogen and oxygen atoms in total. The molecule has 0 unspecified atom stereocenters. The van der Waals surface area contributed by atoms with Crippen LogP contribution in [0.4, 0.5) is 5.69 Å². The molecule has 2 N–H and O–H groups in total. The fourth-order valence-corrected chi connectivity index (χ4v) is 1.85. The molecule has 2 aromatic rings. The second-order valence-electron chi connectivity index (χ2n) is 3.49. The molecule has 3 heterocycles. The monoisotopic (exact) mass is 186 g/mol. The van der Waals surface area contributed by atoms with E-state index < -0.39 is 0 Å². The average Bonchev–Trinajstić information content (AvgIpc) is 2.59. The van der Waals surface area contributed by atoms with Gasteiger partial charge in [-0.1, -0.05) is 0 Å². The van der Waals surface area contributed by atoms with Crippen molar-refractivity contribution in [1.29, 1.82) is 0 Å². The molecular weight excluding hydrogens is 176 g/mol. The first kappa shape index (κ1) is 7.55. The van der Waals surface area contributed by atoms with Gasteiger partial charge >= 0.3 is 0 Å². The molecule has 0 spiro atoms. The van der Waals surface area contributed by atoms with Crippen LogP contribution < -0.4 is 5.32 Å². The van der Waals surface area contributed by atoms with E-state index in [2.05, 4.69) is 26.6 Å². The molecule has 2 aromatic heterocycles. The summed E-state index contributed by atoms with van der Waals surface area (Å²) >= 11 is 0. The van der Waals surface area contributed by atoms with Crippen LogP contribution in [0.1, 0.15) is 11.4 Å². The Kier molecular flexibility index (Phi) is 1.39. The Morgan fingerprint density at radius 3 is 3.29 bits per heavy atom. The molecule has 0 bridgehead atoms. The summed E-state index contributed by atoms with van der Waals surface area (Å²) in [6, 6.07) is 4.07. The van der Waals surface area contributed by atoms with Gasteiger partial charge in [0.1, 0.15) is 5.69 Å². The molecule has 1 aliphatic rings. The summed E-state index contributed by atoms with van der Waals surface area (Å²) in [6.45, 7) is 2.89. The van der Waals surface area contributed by atoms with E-state index in [4.69, 9.17) is 0 Å². The number of aromatic nitrogens is 3. The Morgan fingerprint density at radius 2 is 2.36 bits per heavy atom. The van der Waals surface area contributed by atoms with Crippen LogP contribution in [0.5, 0.6) is 0 Å². The standard InChI is InChI=1S/C10H10N4/c1-6-4-7-9(13-6)5-11-8-2-3-12-14-10(7)8/h2-4,11,13H,5H2,1H3. The van der Waals surface area contributed by atoms with Crippen molar-refractivity contribution in [3.8, 4) is 11.3 Å². The summed E-state index contributed by atoms with van der Waals surface area (Å²) in [5, 5.41) is 11.3. The van der Waals surface area contributed by atoms with Crippen molar-refractivity contribution >= 4 is 5.69 Å². The summed E-state index contributed by atoms with van der Waals surface area (Å²) in [6.07, 6.45) is 1.70. The molecule has 0 atom stereocenters. The minimum atomic E-state index is 0.835. The maximum absolute atomic E-state index is 4.14. The zero-order valence-electron chi connectivity index (χ0n) is 7.83. The molecule has 1 aliphatic heterocycles. The summed E-state index contributed by atoms with van der Waals surface area (Å²) in [7, 11) is 0. The molecule has 0 amide bonds. The second kappa shape index (κ2) is 2.57. The molecule has 0 radical (unpaired) electrons. The van der Waals surface area contributed by atoms with Gasteiger partial charge in [0.15, 0.2) is 0 Å². The molecule has 0 aliphatic carbocycles. The van der Waals surface area contributed by atoms with Crippen LogP contribution in [0.25, 0.3) is 11.3 Å². The molecule has 0 saturated carbocycles. The van der Waals surface area contributed by atoms with Crippen LogP contribution in [-0.2, 0) is 6.54 Å². The summed E-state index contributed by atoms with van der Waals surface area (Å²) in [5.74, 6) is 0. The van der Waals surface area contributed by atoms with Gasteiger partial charge in [-0.05, 0) is 19.1 Å². The third-order valence-electron chi connectivity index (χ3n) is 2.47. The Hall–Kier alpha value is -1.84. The summed E-state index contributed by atoms with van der Waals surface area (Å²) < 4.78 is 0. The number of anilines is 1. The lowest BCUT2D eigenvalue weighted by atomic mass is 10.1. The summed E-state index contributed by atoms with van der Waals surface area (Å²) in [4.78, 5) is 3.31. The Labute approximate surface area is 81.4 Å². The van der Waals surface area contributed by atoms with Gasteiger partial charge in [-0.2, -0.15) is 5.10 Å². The lowest BCUT2D eigenvalue weighted by molar-refractivity contribution is 0.985. The minimum absolute atomic E-state index is 0.835. The van der Waals surface area contributed by atoms with Crippen molar-refractivity contribution < 1.29 is 0 Å². The van der Waals surface area contributed by atoms with E-state index in [1.54, 1.807) is 6.20 Å². The highest BCUT2D eigenvalue weighted by atomic mass is 15.1. The number of H-pyrrole nitrogens is 1. The zero-order valence-corrected chi connectivity index (χ0v) is 7.83. The quantitative estimate of drug-likeness (QED) is 0.658.